The van der Waals surface area contributed by atoms with Gasteiger partial charge in [0, 0.05) is 45.0 Å². The number of hydrogen-bond donors (Lipinski definition) is 1. The molecule has 0 atom stereocenters. The number of thiophene rings is 1. The quantitative estimate of drug-likeness (QED) is 0.792. The van der Waals surface area contributed by atoms with Crippen molar-refractivity contribution in [2.75, 3.05) is 44.2 Å². The molecule has 0 amide bonds. The van der Waals surface area contributed by atoms with Crippen LogP contribution in [0.5, 0.6) is 5.75 Å². The Morgan fingerprint density at radius 1 is 1.04 bits per heavy atom. The summed E-state index contributed by atoms with van der Waals surface area (Å²) in [6.07, 6.45) is 1.06. The topological polar surface area (TPSA) is 41.7 Å². The van der Waals surface area contributed by atoms with E-state index >= 15 is 0 Å². The highest BCUT2D eigenvalue weighted by molar-refractivity contribution is 7.10. The van der Waals surface area contributed by atoms with Gasteiger partial charge in [0.2, 0.25) is 0 Å². The molecule has 1 aromatic carbocycles. The zero-order valence-electron chi connectivity index (χ0n) is 13.5. The SMILES string of the molecule is NCc1sccc1OCCCN1CCN(c2ccccc2)CC1. The van der Waals surface area contributed by atoms with Gasteiger partial charge < -0.3 is 15.4 Å². The van der Waals surface area contributed by atoms with Gasteiger partial charge in [0.1, 0.15) is 5.75 Å². The maximum atomic E-state index is 5.84. The molecule has 1 aliphatic rings. The Balaban J connectivity index is 1.35. The largest absolute Gasteiger partial charge is 0.492 e. The highest BCUT2D eigenvalue weighted by Gasteiger charge is 2.16. The number of nitrogens with zero attached hydrogens (tertiary/aromatic N) is 2. The van der Waals surface area contributed by atoms with Crippen molar-refractivity contribution in [2.45, 2.75) is 13.0 Å². The van der Waals surface area contributed by atoms with Gasteiger partial charge in [0.15, 0.2) is 0 Å². The number of anilines is 1. The Bertz CT molecular complexity index is 579. The van der Waals surface area contributed by atoms with Crippen LogP contribution in [0.15, 0.2) is 41.8 Å². The van der Waals surface area contributed by atoms with Crippen molar-refractivity contribution < 1.29 is 4.74 Å². The zero-order chi connectivity index (χ0) is 15.9. The molecule has 23 heavy (non-hydrogen) atoms. The van der Waals surface area contributed by atoms with E-state index < -0.39 is 0 Å². The third kappa shape index (κ3) is 4.47. The van der Waals surface area contributed by atoms with E-state index in [1.807, 2.05) is 11.4 Å². The summed E-state index contributed by atoms with van der Waals surface area (Å²) in [5.74, 6) is 0.964. The molecular formula is C18H25N3OS. The Morgan fingerprint density at radius 3 is 2.57 bits per heavy atom. The molecule has 2 N–H and O–H groups in total. The highest BCUT2D eigenvalue weighted by Crippen LogP contribution is 2.24. The molecule has 0 bridgehead atoms. The molecule has 0 aliphatic carbocycles. The van der Waals surface area contributed by atoms with E-state index in [4.69, 9.17) is 10.5 Å². The van der Waals surface area contributed by atoms with Gasteiger partial charge in [-0.3, -0.25) is 4.90 Å². The summed E-state index contributed by atoms with van der Waals surface area (Å²) < 4.78 is 5.84. The molecule has 2 heterocycles. The zero-order valence-corrected chi connectivity index (χ0v) is 14.3. The molecule has 1 aliphatic heterocycles. The minimum Gasteiger partial charge on any atom is -0.492 e. The van der Waals surface area contributed by atoms with Crippen molar-refractivity contribution in [3.63, 3.8) is 0 Å². The Kier molecular flexibility index (Phi) is 5.91. The lowest BCUT2D eigenvalue weighted by molar-refractivity contribution is 0.224. The Morgan fingerprint density at radius 2 is 1.83 bits per heavy atom. The van der Waals surface area contributed by atoms with Crippen molar-refractivity contribution >= 4 is 17.0 Å². The lowest BCUT2D eigenvalue weighted by Gasteiger charge is -2.36. The molecule has 0 unspecified atom stereocenters. The summed E-state index contributed by atoms with van der Waals surface area (Å²) in [6.45, 7) is 6.89. The normalized spacial score (nSPS) is 15.8. The fourth-order valence-electron chi connectivity index (χ4n) is 2.95. The van der Waals surface area contributed by atoms with E-state index in [2.05, 4.69) is 40.1 Å². The average molecular weight is 331 g/mol. The lowest BCUT2D eigenvalue weighted by Crippen LogP contribution is -2.46. The van der Waals surface area contributed by atoms with Crippen molar-refractivity contribution in [1.29, 1.82) is 0 Å². The van der Waals surface area contributed by atoms with Crippen molar-refractivity contribution in [2.24, 2.45) is 5.73 Å². The van der Waals surface area contributed by atoms with E-state index in [0.29, 0.717) is 6.54 Å². The third-order valence-electron chi connectivity index (χ3n) is 4.26. The Hall–Kier alpha value is -1.56. The van der Waals surface area contributed by atoms with Crippen LogP contribution in [-0.2, 0) is 6.54 Å². The number of benzene rings is 1. The van der Waals surface area contributed by atoms with Gasteiger partial charge in [-0.05, 0) is 30.0 Å². The van der Waals surface area contributed by atoms with Crippen LogP contribution in [-0.4, -0.2) is 44.2 Å². The number of hydrogen-bond acceptors (Lipinski definition) is 5. The minimum atomic E-state index is 0.564. The van der Waals surface area contributed by atoms with Gasteiger partial charge >= 0.3 is 0 Å². The first-order chi connectivity index (χ1) is 11.4. The first-order valence-electron chi connectivity index (χ1n) is 8.28. The molecular weight excluding hydrogens is 306 g/mol. The van der Waals surface area contributed by atoms with Crippen LogP contribution < -0.4 is 15.4 Å². The molecule has 124 valence electrons. The second kappa shape index (κ2) is 8.34. The molecule has 1 aromatic heterocycles. The van der Waals surface area contributed by atoms with Crippen molar-refractivity contribution in [1.82, 2.24) is 4.90 Å². The van der Waals surface area contributed by atoms with Crippen LogP contribution >= 0.6 is 11.3 Å². The number of ether oxygens (including phenoxy) is 1. The molecule has 1 saturated heterocycles. The van der Waals surface area contributed by atoms with Crippen molar-refractivity contribution in [3.05, 3.63) is 46.7 Å². The van der Waals surface area contributed by atoms with Crippen LogP contribution in [0.4, 0.5) is 5.69 Å². The Labute approximate surface area is 142 Å². The standard InChI is InChI=1S/C18H25N3OS/c19-15-18-17(7-14-23-18)22-13-4-8-20-9-11-21(12-10-20)16-5-2-1-3-6-16/h1-3,5-7,14H,4,8-13,15,19H2. The first-order valence-corrected chi connectivity index (χ1v) is 9.16. The second-order valence-corrected chi connectivity index (χ2v) is 6.78. The van der Waals surface area contributed by atoms with Crippen LogP contribution in [0.25, 0.3) is 0 Å². The number of nitrogens with two attached hydrogens (primary N) is 1. The molecule has 3 rings (SSSR count). The van der Waals surface area contributed by atoms with Gasteiger partial charge in [-0.25, -0.2) is 0 Å². The maximum absolute atomic E-state index is 5.84. The van der Waals surface area contributed by atoms with Crippen molar-refractivity contribution in [3.8, 4) is 5.75 Å². The molecule has 5 heteroatoms. The summed E-state index contributed by atoms with van der Waals surface area (Å²) in [4.78, 5) is 6.13. The monoisotopic (exact) mass is 331 g/mol. The van der Waals surface area contributed by atoms with Gasteiger partial charge in [0.05, 0.1) is 11.5 Å². The molecule has 2 aromatic rings. The summed E-state index contributed by atoms with van der Waals surface area (Å²) in [5.41, 5.74) is 7.03. The van der Waals surface area contributed by atoms with E-state index in [0.717, 1.165) is 56.4 Å². The number of para-hydroxylation sites is 1. The fourth-order valence-corrected chi connectivity index (χ4v) is 3.64. The van der Waals surface area contributed by atoms with Crippen LogP contribution in [0, 0.1) is 0 Å². The van der Waals surface area contributed by atoms with Crippen LogP contribution in [0.1, 0.15) is 11.3 Å². The first kappa shape index (κ1) is 16.3. The lowest BCUT2D eigenvalue weighted by atomic mass is 10.2. The van der Waals surface area contributed by atoms with E-state index in [1.165, 1.54) is 5.69 Å². The van der Waals surface area contributed by atoms with Gasteiger partial charge in [0.25, 0.3) is 0 Å². The molecule has 4 nitrogen and oxygen atoms in total. The van der Waals surface area contributed by atoms with Gasteiger partial charge in [-0.15, -0.1) is 11.3 Å². The van der Waals surface area contributed by atoms with E-state index in [9.17, 15) is 0 Å². The molecule has 1 fully saturated rings. The predicted octanol–water partition coefficient (Wildman–Crippen LogP) is 2.80. The average Bonchev–Trinajstić information content (AvgIpc) is 3.07. The van der Waals surface area contributed by atoms with Crippen LogP contribution in [0.3, 0.4) is 0 Å². The van der Waals surface area contributed by atoms with Gasteiger partial charge in [-0.1, -0.05) is 18.2 Å². The summed E-state index contributed by atoms with van der Waals surface area (Å²) in [5, 5.41) is 2.04. The molecule has 0 radical (unpaired) electrons. The molecule has 0 spiro atoms. The van der Waals surface area contributed by atoms with E-state index in [1.54, 1.807) is 11.3 Å². The van der Waals surface area contributed by atoms with E-state index in [-0.39, 0.29) is 0 Å². The fraction of sp³-hybridized carbons (Fsp3) is 0.444. The van der Waals surface area contributed by atoms with Gasteiger partial charge in [-0.2, -0.15) is 0 Å². The predicted molar refractivity (Wildman–Crippen MR) is 97.4 cm³/mol. The van der Waals surface area contributed by atoms with Crippen LogP contribution in [0.2, 0.25) is 0 Å². The third-order valence-corrected chi connectivity index (χ3v) is 5.18. The summed E-state index contributed by atoms with van der Waals surface area (Å²) in [7, 11) is 0. The molecule has 0 saturated carbocycles. The number of piperazine rings is 1. The highest BCUT2D eigenvalue weighted by atomic mass is 32.1. The smallest absolute Gasteiger partial charge is 0.134 e. The number of rotatable bonds is 7. The summed E-state index contributed by atoms with van der Waals surface area (Å²) >= 11 is 1.67. The maximum Gasteiger partial charge on any atom is 0.134 e. The summed E-state index contributed by atoms with van der Waals surface area (Å²) in [6, 6.07) is 12.7. The minimum absolute atomic E-state index is 0.564. The second-order valence-electron chi connectivity index (χ2n) is 5.78.